The van der Waals surface area contributed by atoms with Gasteiger partial charge in [0.05, 0.1) is 12.0 Å². The number of hydrazone groups is 1. The number of carbonyl (C=O) groups is 1. The SMILES string of the molecule is O=C(CSCc1ccc(Br)cc1)N/N=C/c1nc(-c2ccccc2)oc1Cl. The molecule has 0 atom stereocenters. The second-order valence-electron chi connectivity index (χ2n) is 5.46. The van der Waals surface area contributed by atoms with E-state index in [1.807, 2.05) is 54.6 Å². The maximum atomic E-state index is 11.9. The smallest absolute Gasteiger partial charge is 0.250 e. The number of thioether (sulfide) groups is 1. The first-order valence-corrected chi connectivity index (χ1v) is 10.3. The summed E-state index contributed by atoms with van der Waals surface area (Å²) in [4.78, 5) is 16.1. The van der Waals surface area contributed by atoms with Gasteiger partial charge in [0.1, 0.15) is 5.69 Å². The lowest BCUT2D eigenvalue weighted by molar-refractivity contribution is -0.118. The average Bonchev–Trinajstić information content (AvgIpc) is 3.05. The van der Waals surface area contributed by atoms with Crippen molar-refractivity contribution >= 4 is 51.4 Å². The molecule has 2 aromatic carbocycles. The highest BCUT2D eigenvalue weighted by molar-refractivity contribution is 9.10. The number of hydrogen-bond donors (Lipinski definition) is 1. The topological polar surface area (TPSA) is 67.5 Å². The van der Waals surface area contributed by atoms with Crippen LogP contribution in [0, 0.1) is 0 Å². The number of halogens is 2. The molecule has 0 fully saturated rings. The minimum absolute atomic E-state index is 0.122. The fourth-order valence-corrected chi connectivity index (χ4v) is 3.35. The minimum Gasteiger partial charge on any atom is -0.424 e. The van der Waals surface area contributed by atoms with E-state index in [1.165, 1.54) is 18.0 Å². The molecule has 0 spiro atoms. The Labute approximate surface area is 174 Å². The zero-order valence-corrected chi connectivity index (χ0v) is 17.2. The van der Waals surface area contributed by atoms with Crippen molar-refractivity contribution < 1.29 is 9.21 Å². The molecule has 138 valence electrons. The number of nitrogens with one attached hydrogen (secondary N) is 1. The van der Waals surface area contributed by atoms with E-state index in [0.29, 0.717) is 17.3 Å². The van der Waals surface area contributed by atoms with Gasteiger partial charge in [-0.25, -0.2) is 10.4 Å². The molecular weight excluding hydrogens is 450 g/mol. The first-order valence-electron chi connectivity index (χ1n) is 7.97. The standard InChI is InChI=1S/C19H15BrClN3O2S/c20-15-8-6-13(7-9-15)11-27-12-17(25)24-22-10-16-18(21)26-19(23-16)14-4-2-1-3-5-14/h1-10H,11-12H2,(H,24,25)/b22-10+. The largest absolute Gasteiger partial charge is 0.424 e. The van der Waals surface area contributed by atoms with Crippen molar-refractivity contribution in [1.82, 2.24) is 10.4 Å². The van der Waals surface area contributed by atoms with Crippen LogP contribution in [0.2, 0.25) is 5.22 Å². The highest BCUT2D eigenvalue weighted by Gasteiger charge is 2.11. The predicted octanol–water partition coefficient (Wildman–Crippen LogP) is 5.14. The van der Waals surface area contributed by atoms with Crippen LogP contribution in [0.1, 0.15) is 11.3 Å². The van der Waals surface area contributed by atoms with Gasteiger partial charge in [0.2, 0.25) is 17.0 Å². The summed E-state index contributed by atoms with van der Waals surface area (Å²) in [6, 6.07) is 17.4. The molecule has 8 heteroatoms. The molecule has 0 aliphatic rings. The highest BCUT2D eigenvalue weighted by atomic mass is 79.9. The molecule has 1 N–H and O–H groups in total. The molecule has 3 rings (SSSR count). The van der Waals surface area contributed by atoms with Crippen LogP contribution in [-0.4, -0.2) is 22.9 Å². The Bertz CT molecular complexity index is 930. The Morgan fingerprint density at radius 2 is 1.96 bits per heavy atom. The molecule has 5 nitrogen and oxygen atoms in total. The van der Waals surface area contributed by atoms with E-state index in [1.54, 1.807) is 0 Å². The summed E-state index contributed by atoms with van der Waals surface area (Å²) >= 11 is 10.9. The molecule has 0 radical (unpaired) electrons. The van der Waals surface area contributed by atoms with E-state index in [0.717, 1.165) is 21.4 Å². The lowest BCUT2D eigenvalue weighted by Crippen LogP contribution is -2.19. The summed E-state index contributed by atoms with van der Waals surface area (Å²) in [5.74, 6) is 1.25. The molecule has 0 saturated carbocycles. The Kier molecular flexibility index (Phi) is 7.09. The van der Waals surface area contributed by atoms with Gasteiger partial charge in [-0.3, -0.25) is 4.79 Å². The molecule has 0 aliphatic carbocycles. The third kappa shape index (κ3) is 5.95. The van der Waals surface area contributed by atoms with E-state index in [-0.39, 0.29) is 11.1 Å². The summed E-state index contributed by atoms with van der Waals surface area (Å²) in [6.45, 7) is 0. The number of aromatic nitrogens is 1. The van der Waals surface area contributed by atoms with Crippen LogP contribution in [0.25, 0.3) is 11.5 Å². The van der Waals surface area contributed by atoms with Crippen molar-refractivity contribution in [2.75, 3.05) is 5.75 Å². The minimum atomic E-state index is -0.198. The number of carbonyl (C=O) groups excluding carboxylic acids is 1. The highest BCUT2D eigenvalue weighted by Crippen LogP contribution is 2.24. The quantitative estimate of drug-likeness (QED) is 0.388. The van der Waals surface area contributed by atoms with Crippen molar-refractivity contribution in [3.8, 4) is 11.5 Å². The molecule has 1 amide bonds. The zero-order valence-electron chi connectivity index (χ0n) is 14.1. The Balaban J connectivity index is 1.48. The van der Waals surface area contributed by atoms with Crippen LogP contribution >= 0.6 is 39.3 Å². The molecule has 3 aromatic rings. The molecule has 0 aliphatic heterocycles. The van der Waals surface area contributed by atoms with Gasteiger partial charge in [0.15, 0.2) is 0 Å². The summed E-state index contributed by atoms with van der Waals surface area (Å²) in [7, 11) is 0. The van der Waals surface area contributed by atoms with Gasteiger partial charge in [-0.2, -0.15) is 5.10 Å². The van der Waals surface area contributed by atoms with Crippen molar-refractivity contribution in [1.29, 1.82) is 0 Å². The lowest BCUT2D eigenvalue weighted by Gasteiger charge is -2.01. The maximum absolute atomic E-state index is 11.9. The Morgan fingerprint density at radius 3 is 2.70 bits per heavy atom. The van der Waals surface area contributed by atoms with Crippen molar-refractivity contribution in [3.05, 3.63) is 75.5 Å². The summed E-state index contributed by atoms with van der Waals surface area (Å²) in [5.41, 5.74) is 4.79. The zero-order chi connectivity index (χ0) is 19.1. The molecule has 27 heavy (non-hydrogen) atoms. The molecule has 0 bridgehead atoms. The average molecular weight is 465 g/mol. The molecule has 1 aromatic heterocycles. The van der Waals surface area contributed by atoms with Crippen LogP contribution in [0.5, 0.6) is 0 Å². The predicted molar refractivity (Wildman–Crippen MR) is 113 cm³/mol. The van der Waals surface area contributed by atoms with Gasteiger partial charge >= 0.3 is 0 Å². The molecule has 1 heterocycles. The molecular formula is C19H15BrClN3O2S. The van der Waals surface area contributed by atoms with Gasteiger partial charge < -0.3 is 4.42 Å². The first kappa shape index (κ1) is 19.7. The summed E-state index contributed by atoms with van der Waals surface area (Å²) < 4.78 is 6.46. The van der Waals surface area contributed by atoms with Gasteiger partial charge in [-0.1, -0.05) is 46.3 Å². The van der Waals surface area contributed by atoms with Crippen molar-refractivity contribution in [2.45, 2.75) is 5.75 Å². The van der Waals surface area contributed by atoms with Crippen LogP contribution in [0.3, 0.4) is 0 Å². The Morgan fingerprint density at radius 1 is 1.22 bits per heavy atom. The van der Waals surface area contributed by atoms with Gasteiger partial charge in [-0.05, 0) is 41.4 Å². The van der Waals surface area contributed by atoms with E-state index in [2.05, 4.69) is 31.4 Å². The fourth-order valence-electron chi connectivity index (χ4n) is 2.14. The number of rotatable bonds is 7. The molecule has 0 saturated heterocycles. The normalized spacial score (nSPS) is 11.0. The third-order valence-electron chi connectivity index (χ3n) is 3.42. The number of oxazole rings is 1. The second kappa shape index (κ2) is 9.73. The van der Waals surface area contributed by atoms with Crippen LogP contribution in [0.15, 0.2) is 68.6 Å². The second-order valence-corrected chi connectivity index (χ2v) is 7.70. The van der Waals surface area contributed by atoms with Crippen LogP contribution in [-0.2, 0) is 10.5 Å². The number of hydrogen-bond acceptors (Lipinski definition) is 5. The monoisotopic (exact) mass is 463 g/mol. The summed E-state index contributed by atoms with van der Waals surface area (Å²) in [6.07, 6.45) is 1.37. The number of amides is 1. The lowest BCUT2D eigenvalue weighted by atomic mass is 10.2. The van der Waals surface area contributed by atoms with Crippen molar-refractivity contribution in [2.24, 2.45) is 5.10 Å². The van der Waals surface area contributed by atoms with E-state index >= 15 is 0 Å². The van der Waals surface area contributed by atoms with Gasteiger partial charge in [0, 0.05) is 15.8 Å². The van der Waals surface area contributed by atoms with Crippen LogP contribution < -0.4 is 5.43 Å². The maximum Gasteiger partial charge on any atom is 0.250 e. The number of benzene rings is 2. The van der Waals surface area contributed by atoms with Gasteiger partial charge in [-0.15, -0.1) is 11.8 Å². The van der Waals surface area contributed by atoms with Crippen molar-refractivity contribution in [3.63, 3.8) is 0 Å². The van der Waals surface area contributed by atoms with E-state index < -0.39 is 0 Å². The van der Waals surface area contributed by atoms with E-state index in [9.17, 15) is 4.79 Å². The first-order chi connectivity index (χ1) is 13.1. The van der Waals surface area contributed by atoms with Crippen LogP contribution in [0.4, 0.5) is 0 Å². The fraction of sp³-hybridized carbons (Fsp3) is 0.105. The van der Waals surface area contributed by atoms with Gasteiger partial charge in [0.25, 0.3) is 0 Å². The third-order valence-corrected chi connectivity index (χ3v) is 5.22. The number of nitrogens with zero attached hydrogens (tertiary/aromatic N) is 2. The molecule has 0 unspecified atom stereocenters. The summed E-state index contributed by atoms with van der Waals surface area (Å²) in [5, 5.41) is 4.02. The van der Waals surface area contributed by atoms with E-state index in [4.69, 9.17) is 16.0 Å². The Hall–Kier alpha value is -2.09.